The van der Waals surface area contributed by atoms with Crippen LogP contribution in [-0.4, -0.2) is 165 Å². The van der Waals surface area contributed by atoms with Crippen molar-refractivity contribution in [2.45, 2.75) is 180 Å². The van der Waals surface area contributed by atoms with Crippen LogP contribution in [0.2, 0.25) is 0 Å². The van der Waals surface area contributed by atoms with Crippen molar-refractivity contribution in [1.82, 2.24) is 47.2 Å². The summed E-state index contributed by atoms with van der Waals surface area (Å²) in [5, 5.41) is 39.1. The number of rotatable bonds is 42. The molecule has 0 bridgehead atoms. The molecule has 1 aromatic heterocycles. The highest BCUT2D eigenvalue weighted by atomic mass is 33.1. The Hall–Kier alpha value is -5.46. The number of hydrogen-bond acceptors (Lipinski definition) is 21. The van der Waals surface area contributed by atoms with Crippen molar-refractivity contribution in [3.8, 4) is 5.75 Å². The maximum Gasteiger partial charge on any atom is 0.327 e. The van der Waals surface area contributed by atoms with E-state index in [4.69, 9.17) is 30.2 Å². The fourth-order valence-corrected chi connectivity index (χ4v) is 11.7. The first kappa shape index (κ1) is 71.8. The Labute approximate surface area is 498 Å². The predicted molar refractivity (Wildman–Crippen MR) is 315 cm³/mol. The molecule has 3 rings (SSSR count). The number of aldehydes is 1. The van der Waals surface area contributed by atoms with Crippen molar-refractivity contribution in [3.05, 3.63) is 45.9 Å². The van der Waals surface area contributed by atoms with Gasteiger partial charge in [0, 0.05) is 60.6 Å². The number of benzene rings is 1. The van der Waals surface area contributed by atoms with Crippen molar-refractivity contribution < 1.29 is 72.9 Å². The number of hydrogen-bond donors (Lipinski definition) is 10. The number of nitrogens with one attached hydrogen (secondary N) is 6. The van der Waals surface area contributed by atoms with Gasteiger partial charge in [-0.2, -0.15) is 5.48 Å². The van der Waals surface area contributed by atoms with E-state index in [2.05, 4.69) is 32.4 Å². The number of nitrogens with two attached hydrogens (primary N) is 1. The number of likely N-dealkylation sites (N-methyl/N-ethyl adjacent to an activating group) is 1. The number of piperidine rings is 1. The molecule has 9 atom stereocenters. The van der Waals surface area contributed by atoms with E-state index >= 15 is 0 Å². The summed E-state index contributed by atoms with van der Waals surface area (Å²) in [6, 6.07) is 0.921. The van der Waals surface area contributed by atoms with Crippen LogP contribution in [0.5, 0.6) is 5.75 Å². The number of aromatic hydroxyl groups is 1. The maximum atomic E-state index is 14.7. The van der Waals surface area contributed by atoms with Gasteiger partial charge in [0.05, 0.1) is 29.4 Å². The summed E-state index contributed by atoms with van der Waals surface area (Å²) in [7, 11) is 4.29. The average Bonchev–Trinajstić information content (AvgIpc) is 4.08. The SMILES string of the molecule is CCCC(=O)OCN(C(=O)[C@@H](NC(=O)[C@H]1CCCCN1C)C(C)CC)[C@H](CCc1nc(CON[C@@H](Cc2ccc(O)cc2)C[C@H](C)C(=O)NNOCCSSC[C@H](NC(=O)[C@H](CCC=O)NC(=O)[C@@H](N)CCC(=O)O)C(=O)O)cs1)C(C)C. The van der Waals surface area contributed by atoms with E-state index in [0.29, 0.717) is 62.7 Å². The molecule has 2 heterocycles. The van der Waals surface area contributed by atoms with Gasteiger partial charge in [0.1, 0.15) is 36.8 Å². The fraction of sp³-hybridized carbons (Fsp3) is 0.673. The minimum absolute atomic E-state index is 0.0417. The Morgan fingerprint density at radius 3 is 2.29 bits per heavy atom. The van der Waals surface area contributed by atoms with Gasteiger partial charge in [0.25, 0.3) is 0 Å². The third-order valence-electron chi connectivity index (χ3n) is 14.0. The highest BCUT2D eigenvalue weighted by Crippen LogP contribution is 2.25. The summed E-state index contributed by atoms with van der Waals surface area (Å²) in [5.74, 6) is -5.86. The molecule has 0 spiro atoms. The van der Waals surface area contributed by atoms with Gasteiger partial charge in [-0.05, 0) is 94.5 Å². The molecule has 1 aliphatic heterocycles. The molecule has 0 radical (unpaired) electrons. The number of aliphatic carboxylic acids is 2. The fourth-order valence-electron chi connectivity index (χ4n) is 8.92. The number of hydrazine groups is 1. The number of aromatic nitrogens is 1. The molecule has 0 aliphatic carbocycles. The van der Waals surface area contributed by atoms with Gasteiger partial charge >= 0.3 is 17.9 Å². The first-order chi connectivity index (χ1) is 39.6. The molecule has 11 N–H and O–H groups in total. The number of amides is 5. The zero-order valence-corrected chi connectivity index (χ0v) is 51.2. The number of phenolic OH excluding ortho intramolecular Hbond substituents is 1. The van der Waals surface area contributed by atoms with Crippen LogP contribution < -0.4 is 38.2 Å². The molecule has 1 saturated heterocycles. The lowest BCUT2D eigenvalue weighted by atomic mass is 9.93. The van der Waals surface area contributed by atoms with Crippen molar-refractivity contribution >= 4 is 86.7 Å². The minimum atomic E-state index is -1.37. The summed E-state index contributed by atoms with van der Waals surface area (Å²) < 4.78 is 5.70. The van der Waals surface area contributed by atoms with Crippen molar-refractivity contribution in [2.24, 2.45) is 23.5 Å². The number of thiazole rings is 1. The van der Waals surface area contributed by atoms with Crippen LogP contribution >= 0.6 is 32.9 Å². The van der Waals surface area contributed by atoms with Crippen molar-refractivity contribution in [2.75, 3.05) is 38.4 Å². The normalized spacial score (nSPS) is 16.5. The number of hydroxylamine groups is 1. The van der Waals surface area contributed by atoms with Gasteiger partial charge in [0.2, 0.25) is 29.5 Å². The van der Waals surface area contributed by atoms with Crippen LogP contribution in [0.3, 0.4) is 0 Å². The van der Waals surface area contributed by atoms with Gasteiger partial charge in [-0.15, -0.1) is 16.9 Å². The monoisotopic (exact) mass is 1220 g/mol. The van der Waals surface area contributed by atoms with Gasteiger partial charge < -0.3 is 51.4 Å². The van der Waals surface area contributed by atoms with E-state index in [0.717, 1.165) is 40.8 Å². The van der Waals surface area contributed by atoms with Crippen LogP contribution in [-0.2, 0) is 77.0 Å². The van der Waals surface area contributed by atoms with E-state index in [9.17, 15) is 53.4 Å². The smallest absolute Gasteiger partial charge is 0.327 e. The van der Waals surface area contributed by atoms with Crippen LogP contribution in [0, 0.1) is 17.8 Å². The van der Waals surface area contributed by atoms with E-state index in [1.54, 1.807) is 36.1 Å². The molecular weight excluding hydrogens is 1140 g/mol. The number of aryl methyl sites for hydroxylation is 1. The summed E-state index contributed by atoms with van der Waals surface area (Å²) in [6.45, 7) is 12.3. The number of phenols is 1. The minimum Gasteiger partial charge on any atom is -0.508 e. The first-order valence-electron chi connectivity index (χ1n) is 28.3. The number of carbonyl (C=O) groups excluding carboxylic acids is 7. The largest absolute Gasteiger partial charge is 0.508 e. The Kier molecular flexibility index (Phi) is 33.9. The van der Waals surface area contributed by atoms with Crippen molar-refractivity contribution in [3.63, 3.8) is 0 Å². The highest BCUT2D eigenvalue weighted by Gasteiger charge is 2.38. The molecule has 2 aromatic rings. The Morgan fingerprint density at radius 2 is 1.64 bits per heavy atom. The van der Waals surface area contributed by atoms with Crippen LogP contribution in [0.4, 0.5) is 0 Å². The van der Waals surface area contributed by atoms with Crippen LogP contribution in [0.1, 0.15) is 135 Å². The lowest BCUT2D eigenvalue weighted by Crippen LogP contribution is -2.59. The second-order valence-electron chi connectivity index (χ2n) is 21.1. The summed E-state index contributed by atoms with van der Waals surface area (Å²) in [6.07, 6.45) is 5.58. The number of carbonyl (C=O) groups is 9. The summed E-state index contributed by atoms with van der Waals surface area (Å²) >= 11 is 1.45. The molecule has 1 unspecified atom stereocenters. The van der Waals surface area contributed by atoms with Gasteiger partial charge in [-0.25, -0.2) is 9.78 Å². The van der Waals surface area contributed by atoms with Gasteiger partial charge in [-0.1, -0.05) is 88.1 Å². The van der Waals surface area contributed by atoms with Gasteiger partial charge in [0.15, 0.2) is 6.73 Å². The molecule has 28 heteroatoms. The molecular formula is C55H88N10O15S3. The molecule has 0 saturated carbocycles. The maximum absolute atomic E-state index is 14.7. The molecule has 83 heavy (non-hydrogen) atoms. The highest BCUT2D eigenvalue weighted by molar-refractivity contribution is 8.76. The quantitative estimate of drug-likeness (QED) is 0.0113. The lowest BCUT2D eigenvalue weighted by Gasteiger charge is -2.39. The zero-order valence-electron chi connectivity index (χ0n) is 48.8. The first-order valence-corrected chi connectivity index (χ1v) is 31.7. The number of esters is 1. The van der Waals surface area contributed by atoms with E-state index in [1.807, 2.05) is 51.9 Å². The Bertz CT molecular complexity index is 2350. The molecule has 466 valence electrons. The molecule has 25 nitrogen and oxygen atoms in total. The average molecular weight is 1230 g/mol. The summed E-state index contributed by atoms with van der Waals surface area (Å²) in [4.78, 5) is 134. The Balaban J connectivity index is 1.55. The molecule has 1 aromatic carbocycles. The van der Waals surface area contributed by atoms with Crippen LogP contribution in [0.15, 0.2) is 29.6 Å². The molecule has 1 fully saturated rings. The third kappa shape index (κ3) is 27.0. The second-order valence-corrected chi connectivity index (χ2v) is 24.6. The predicted octanol–water partition coefficient (Wildman–Crippen LogP) is 3.77. The third-order valence-corrected chi connectivity index (χ3v) is 17.3. The van der Waals surface area contributed by atoms with Gasteiger partial charge in [-0.3, -0.25) is 53.6 Å². The topological polar surface area (TPSA) is 360 Å². The number of ether oxygens (including phenoxy) is 1. The van der Waals surface area contributed by atoms with Crippen LogP contribution in [0.25, 0.3) is 0 Å². The molecule has 5 amide bonds. The summed E-state index contributed by atoms with van der Waals surface area (Å²) in [5.41, 5.74) is 15.3. The number of carboxylic acid groups (broad SMARTS) is 2. The second kappa shape index (κ2) is 39.2. The standard InChI is InChI=1S/C55H88N10O15S3/c1-8-13-48(70)78-33-65(54(75)49(35(5)9-2)60-53(74)45-15-10-11-24-64(45)7)44(34(3)4)21-22-46-57-39(31-81-46)30-80-62-38(29-37-16-18-40(67)19-17-37)28-36(6)50(71)61-63-79-26-27-82-83-32-43(55(76)77)59-52(73)42(14-12-25-66)58-51(72)41(56)20-23-47(68)69/h16-19,25,31,34-36,38,41-45,49,62-63,67H,8-15,20-24,26-30,32-33,56H2,1-7H3,(H,58,72)(H,59,73)(H,60,74)(H,61,71)(H,68,69)(H,76,77)/t35?,36-,38+,41-,42-,43-,44+,45+,49-/m0/s1. The van der Waals surface area contributed by atoms with Crippen molar-refractivity contribution in [1.29, 1.82) is 0 Å². The molecule has 1 aliphatic rings. The number of nitrogens with zero attached hydrogens (tertiary/aromatic N) is 3. The van der Waals surface area contributed by atoms with E-state index < -0.39 is 59.8 Å². The lowest BCUT2D eigenvalue weighted by molar-refractivity contribution is -0.159. The number of likely N-dealkylation sites (tertiary alicyclic amines) is 1. The van der Waals surface area contributed by atoms with E-state index in [-0.39, 0.29) is 111 Å². The number of carboxylic acids is 2. The van der Waals surface area contributed by atoms with E-state index in [1.165, 1.54) is 22.1 Å². The zero-order chi connectivity index (χ0) is 61.4. The Morgan fingerprint density at radius 1 is 0.916 bits per heavy atom.